The molecule has 0 aromatic heterocycles. The number of aromatic nitrogens is 4. The molecule has 0 bridgehead atoms. The van der Waals surface area contributed by atoms with Gasteiger partial charge in [-0.25, -0.2) is 15.0 Å². The number of nitrogen functional groups attached to an aromatic ring is 1. The minimum atomic E-state index is -1.22. The summed E-state index contributed by atoms with van der Waals surface area (Å²) in [5.74, 6) is 0.609. The fourth-order valence-electron chi connectivity index (χ4n) is 2.15. The molecule has 1 saturated heterocycles. The van der Waals surface area contributed by atoms with Crippen molar-refractivity contribution in [1.29, 1.82) is 0 Å². The highest BCUT2D eigenvalue weighted by Gasteiger charge is 2.44. The first kappa shape index (κ1) is 12.2. The maximum atomic E-state index is 9.93. The number of hydrogen-bond acceptors (Lipinski definition) is 8. The summed E-state index contributed by atoms with van der Waals surface area (Å²) in [5.41, 5.74) is 6.31. The quantitative estimate of drug-likeness (QED) is 0.488. The number of aliphatic hydroxyl groups is 3. The summed E-state index contributed by atoms with van der Waals surface area (Å²) < 4.78 is 6.73. The van der Waals surface area contributed by atoms with Crippen LogP contribution >= 0.6 is 0 Å². The van der Waals surface area contributed by atoms with Gasteiger partial charge >= 0.3 is 0 Å². The molecular weight excluding hydrogens is 254 g/mol. The Hall–Kier alpha value is -1.81. The number of rotatable bonds is 2. The molecule has 5 N–H and O–H groups in total. The molecule has 0 spiro atoms. The van der Waals surface area contributed by atoms with E-state index in [0.717, 1.165) is 0 Å². The standard InChI is InChI=1S/C10H13N5O4/c11-8-5-9(13-2-12-5)14-3-15(8)10-7(18)6(17)4(1-16)19-10/h2-4,6-7,10,16-18H,1,11H2/t4-,6-,7+,10-/m1/s1. The Morgan fingerprint density at radius 1 is 1.26 bits per heavy atom. The summed E-state index contributed by atoms with van der Waals surface area (Å²) in [6, 6.07) is 0. The highest BCUT2D eigenvalue weighted by molar-refractivity contribution is 5.64. The third kappa shape index (κ3) is 1.75. The van der Waals surface area contributed by atoms with Crippen LogP contribution in [0.3, 0.4) is 0 Å². The van der Waals surface area contributed by atoms with Crippen molar-refractivity contribution < 1.29 is 20.1 Å². The van der Waals surface area contributed by atoms with Crippen molar-refractivity contribution in [3.8, 4) is 11.5 Å². The van der Waals surface area contributed by atoms with E-state index < -0.39 is 31.1 Å². The molecular formula is C10H13N5O4. The lowest BCUT2D eigenvalue weighted by molar-refractivity contribution is -0.0523. The van der Waals surface area contributed by atoms with E-state index in [4.69, 9.17) is 15.6 Å². The molecule has 3 rings (SSSR count). The first-order valence-electron chi connectivity index (χ1n) is 5.69. The SMILES string of the molecule is Nc1c2ncnc-2ncn1[C@@H]1O[C@H](CO)[C@@H](O)[C@@H]1O. The van der Waals surface area contributed by atoms with E-state index in [2.05, 4.69) is 15.0 Å². The molecule has 0 saturated carbocycles. The summed E-state index contributed by atoms with van der Waals surface area (Å²) >= 11 is 0. The maximum Gasteiger partial charge on any atom is 0.184 e. The zero-order valence-corrected chi connectivity index (χ0v) is 9.79. The lowest BCUT2D eigenvalue weighted by Crippen LogP contribution is -2.33. The van der Waals surface area contributed by atoms with Crippen LogP contribution in [0.1, 0.15) is 6.23 Å². The number of nitrogens with two attached hydrogens (primary N) is 1. The van der Waals surface area contributed by atoms with E-state index in [0.29, 0.717) is 11.5 Å². The normalized spacial score (nSPS) is 31.1. The number of nitrogens with zero attached hydrogens (tertiary/aromatic N) is 4. The summed E-state index contributed by atoms with van der Waals surface area (Å²) in [4.78, 5) is 11.9. The Morgan fingerprint density at radius 2 is 2.05 bits per heavy atom. The summed E-state index contributed by atoms with van der Waals surface area (Å²) in [5, 5.41) is 28.7. The molecule has 1 fully saturated rings. The average Bonchev–Trinajstić information content (AvgIpc) is 2.98. The van der Waals surface area contributed by atoms with Crippen molar-refractivity contribution in [2.24, 2.45) is 0 Å². The van der Waals surface area contributed by atoms with E-state index in [1.54, 1.807) is 0 Å². The number of anilines is 1. The van der Waals surface area contributed by atoms with Crippen molar-refractivity contribution in [3.05, 3.63) is 12.7 Å². The predicted octanol–water partition coefficient (Wildman–Crippen LogP) is -2.03. The molecule has 0 radical (unpaired) electrons. The van der Waals surface area contributed by atoms with Gasteiger partial charge < -0.3 is 25.8 Å². The molecule has 3 heterocycles. The fourth-order valence-corrected chi connectivity index (χ4v) is 2.15. The summed E-state index contributed by atoms with van der Waals surface area (Å²) in [6.45, 7) is -0.402. The van der Waals surface area contributed by atoms with Gasteiger partial charge in [0.1, 0.15) is 42.5 Å². The van der Waals surface area contributed by atoms with Gasteiger partial charge in [0.05, 0.1) is 6.61 Å². The maximum absolute atomic E-state index is 9.93. The van der Waals surface area contributed by atoms with Crippen molar-refractivity contribution in [3.63, 3.8) is 0 Å². The van der Waals surface area contributed by atoms with Gasteiger partial charge in [0.2, 0.25) is 0 Å². The fraction of sp³-hybridized carbons (Fsp3) is 0.500. The Balaban J connectivity index is 2.01. The molecule has 102 valence electrons. The van der Waals surface area contributed by atoms with Crippen LogP contribution < -0.4 is 5.73 Å². The van der Waals surface area contributed by atoms with Crippen LogP contribution in [0.5, 0.6) is 0 Å². The molecule has 9 nitrogen and oxygen atoms in total. The topological polar surface area (TPSA) is 140 Å². The van der Waals surface area contributed by atoms with Gasteiger partial charge in [-0.1, -0.05) is 0 Å². The van der Waals surface area contributed by atoms with Gasteiger partial charge in [0.15, 0.2) is 12.1 Å². The van der Waals surface area contributed by atoms with Crippen molar-refractivity contribution >= 4 is 5.82 Å². The molecule has 9 heteroatoms. The molecule has 0 unspecified atom stereocenters. The number of ether oxygens (including phenoxy) is 1. The molecule has 3 aliphatic rings. The zero-order valence-electron chi connectivity index (χ0n) is 9.79. The van der Waals surface area contributed by atoms with Crippen molar-refractivity contribution in [1.82, 2.24) is 19.5 Å². The van der Waals surface area contributed by atoms with E-state index in [1.807, 2.05) is 0 Å². The van der Waals surface area contributed by atoms with Crippen LogP contribution in [-0.4, -0.2) is 59.8 Å². The molecule has 0 amide bonds. The predicted molar refractivity (Wildman–Crippen MR) is 61.9 cm³/mol. The molecule has 0 aliphatic carbocycles. The van der Waals surface area contributed by atoms with Crippen LogP contribution in [0.25, 0.3) is 11.5 Å². The monoisotopic (exact) mass is 267 g/mol. The average molecular weight is 267 g/mol. The van der Waals surface area contributed by atoms with Crippen LogP contribution in [0.4, 0.5) is 5.82 Å². The summed E-state index contributed by atoms with van der Waals surface area (Å²) in [7, 11) is 0. The minimum Gasteiger partial charge on any atom is -0.394 e. The van der Waals surface area contributed by atoms with Gasteiger partial charge in [-0.3, -0.25) is 4.57 Å². The Kier molecular flexibility index (Phi) is 2.82. The van der Waals surface area contributed by atoms with Gasteiger partial charge in [-0.2, -0.15) is 0 Å². The van der Waals surface area contributed by atoms with Crippen molar-refractivity contribution in [2.45, 2.75) is 24.5 Å². The Bertz CT molecular complexity index is 561. The van der Waals surface area contributed by atoms with Crippen LogP contribution in [0.15, 0.2) is 12.7 Å². The first-order chi connectivity index (χ1) is 9.13. The lowest BCUT2D eigenvalue weighted by atomic mass is 10.1. The Labute approximate surface area is 107 Å². The second-order valence-corrected chi connectivity index (χ2v) is 4.31. The van der Waals surface area contributed by atoms with Gasteiger partial charge in [0.25, 0.3) is 0 Å². The number of hydrogen-bond donors (Lipinski definition) is 4. The summed E-state index contributed by atoms with van der Waals surface area (Å²) in [6.07, 6.45) is -1.52. The third-order valence-corrected chi connectivity index (χ3v) is 3.20. The molecule has 0 aromatic rings. The lowest BCUT2D eigenvalue weighted by Gasteiger charge is -2.21. The largest absolute Gasteiger partial charge is 0.394 e. The highest BCUT2D eigenvalue weighted by Crippen LogP contribution is 2.33. The van der Waals surface area contributed by atoms with Gasteiger partial charge in [0, 0.05) is 0 Å². The van der Waals surface area contributed by atoms with E-state index in [9.17, 15) is 10.2 Å². The molecule has 0 aromatic carbocycles. The minimum absolute atomic E-state index is 0.220. The van der Waals surface area contributed by atoms with Crippen LogP contribution in [0, 0.1) is 0 Å². The van der Waals surface area contributed by atoms with Crippen LogP contribution in [0.2, 0.25) is 0 Å². The molecule has 3 aliphatic heterocycles. The van der Waals surface area contributed by atoms with Gasteiger partial charge in [-0.15, -0.1) is 0 Å². The Morgan fingerprint density at radius 3 is 2.74 bits per heavy atom. The van der Waals surface area contributed by atoms with Crippen LogP contribution in [-0.2, 0) is 4.74 Å². The highest BCUT2D eigenvalue weighted by atomic mass is 16.6. The van der Waals surface area contributed by atoms with Gasteiger partial charge in [-0.05, 0) is 0 Å². The molecule has 4 atom stereocenters. The molecule has 19 heavy (non-hydrogen) atoms. The number of fused-ring (bicyclic) bond motifs is 1. The smallest absolute Gasteiger partial charge is 0.184 e. The number of aliphatic hydroxyl groups excluding tert-OH is 3. The number of imidazole rings is 1. The van der Waals surface area contributed by atoms with Crippen molar-refractivity contribution in [2.75, 3.05) is 12.3 Å². The van der Waals surface area contributed by atoms with E-state index in [-0.39, 0.29) is 5.82 Å². The second-order valence-electron chi connectivity index (χ2n) is 4.31. The zero-order chi connectivity index (χ0) is 13.6. The second kappa shape index (κ2) is 4.38. The third-order valence-electron chi connectivity index (χ3n) is 3.20. The van der Waals surface area contributed by atoms with E-state index in [1.165, 1.54) is 17.2 Å². The van der Waals surface area contributed by atoms with E-state index >= 15 is 0 Å². The first-order valence-corrected chi connectivity index (χ1v) is 5.69.